The molecule has 3 aromatic rings. The lowest BCUT2D eigenvalue weighted by Gasteiger charge is -2.07. The van der Waals surface area contributed by atoms with Crippen molar-refractivity contribution in [1.29, 1.82) is 0 Å². The molecule has 0 amide bonds. The van der Waals surface area contributed by atoms with Gasteiger partial charge in [-0.3, -0.25) is 4.79 Å². The fourth-order valence-corrected chi connectivity index (χ4v) is 3.94. The molecule has 0 saturated carbocycles. The second kappa shape index (κ2) is 5.15. The molecule has 0 atom stereocenters. The van der Waals surface area contributed by atoms with Crippen LogP contribution in [0.25, 0.3) is 10.1 Å². The third-order valence-corrected chi connectivity index (χ3v) is 5.60. The average Bonchev–Trinajstić information content (AvgIpc) is 2.86. The molecule has 0 N–H and O–H groups in total. The van der Waals surface area contributed by atoms with Gasteiger partial charge in [-0.1, -0.05) is 30.3 Å². The summed E-state index contributed by atoms with van der Waals surface area (Å²) in [6.07, 6.45) is 0. The van der Waals surface area contributed by atoms with Crippen LogP contribution in [0.15, 0.2) is 46.3 Å². The molecule has 0 spiro atoms. The number of fused-ring (bicyclic) bond motifs is 1. The van der Waals surface area contributed by atoms with Crippen LogP contribution in [0.2, 0.25) is 0 Å². The number of hydrogen-bond acceptors (Lipinski definition) is 2. The molecule has 100 valence electrons. The summed E-state index contributed by atoms with van der Waals surface area (Å²) in [5.41, 5.74) is 3.80. The molecule has 0 unspecified atom stereocenters. The lowest BCUT2D eigenvalue weighted by atomic mass is 9.96. The Morgan fingerprint density at radius 3 is 2.60 bits per heavy atom. The van der Waals surface area contributed by atoms with Crippen LogP contribution in [0.5, 0.6) is 0 Å². The van der Waals surface area contributed by atoms with E-state index in [2.05, 4.69) is 15.9 Å². The first kappa shape index (κ1) is 13.5. The van der Waals surface area contributed by atoms with Gasteiger partial charge in [0, 0.05) is 31.1 Å². The lowest BCUT2D eigenvalue weighted by Crippen LogP contribution is -2.03. The molecule has 1 heterocycles. The lowest BCUT2D eigenvalue weighted by molar-refractivity contribution is 0.104. The van der Waals surface area contributed by atoms with Crippen LogP contribution >= 0.6 is 27.3 Å². The number of halogens is 1. The van der Waals surface area contributed by atoms with Crippen LogP contribution in [0, 0.1) is 13.8 Å². The summed E-state index contributed by atoms with van der Waals surface area (Å²) in [6.45, 7) is 4.04. The Balaban J connectivity index is 2.18. The van der Waals surface area contributed by atoms with Gasteiger partial charge >= 0.3 is 0 Å². The predicted molar refractivity (Wildman–Crippen MR) is 88.9 cm³/mol. The Kier molecular flexibility index (Phi) is 3.48. The third-order valence-electron chi connectivity index (χ3n) is 3.65. The maximum atomic E-state index is 12.8. The quantitative estimate of drug-likeness (QED) is 0.560. The number of hydrogen-bond donors (Lipinski definition) is 0. The fraction of sp³-hybridized carbons (Fsp3) is 0.118. The number of benzene rings is 2. The Labute approximate surface area is 130 Å². The number of aryl methyl sites for hydroxylation is 1. The second-order valence-corrected chi connectivity index (χ2v) is 6.58. The van der Waals surface area contributed by atoms with Gasteiger partial charge in [0.1, 0.15) is 0 Å². The van der Waals surface area contributed by atoms with Crippen LogP contribution in [0.3, 0.4) is 0 Å². The molecule has 0 aliphatic rings. The van der Waals surface area contributed by atoms with Gasteiger partial charge in [-0.15, -0.1) is 11.3 Å². The molecule has 0 radical (unpaired) electrons. The zero-order chi connectivity index (χ0) is 14.3. The summed E-state index contributed by atoms with van der Waals surface area (Å²) in [5.74, 6) is 0.107. The average molecular weight is 345 g/mol. The van der Waals surface area contributed by atoms with Crippen molar-refractivity contribution in [3.63, 3.8) is 0 Å². The summed E-state index contributed by atoms with van der Waals surface area (Å²) >= 11 is 5.15. The molecule has 0 bridgehead atoms. The normalized spacial score (nSPS) is 10.9. The number of thiophene rings is 1. The van der Waals surface area contributed by atoms with E-state index >= 15 is 0 Å². The first-order chi connectivity index (χ1) is 9.59. The van der Waals surface area contributed by atoms with Gasteiger partial charge in [-0.2, -0.15) is 0 Å². The Hall–Kier alpha value is -1.45. The molecule has 1 nitrogen and oxygen atoms in total. The summed E-state index contributed by atoms with van der Waals surface area (Å²) < 4.78 is 2.17. The summed E-state index contributed by atoms with van der Waals surface area (Å²) in [6, 6.07) is 11.9. The van der Waals surface area contributed by atoms with Gasteiger partial charge in [0.05, 0.1) is 0 Å². The molecule has 20 heavy (non-hydrogen) atoms. The van der Waals surface area contributed by atoms with Crippen molar-refractivity contribution in [2.75, 3.05) is 0 Å². The smallest absolute Gasteiger partial charge is 0.194 e. The number of carbonyl (C=O) groups is 1. The van der Waals surface area contributed by atoms with Crippen LogP contribution in [0.4, 0.5) is 0 Å². The van der Waals surface area contributed by atoms with Crippen molar-refractivity contribution in [2.24, 2.45) is 0 Å². The van der Waals surface area contributed by atoms with Gasteiger partial charge in [0.15, 0.2) is 5.78 Å². The highest BCUT2D eigenvalue weighted by Crippen LogP contribution is 2.33. The fourth-order valence-electron chi connectivity index (χ4n) is 2.34. The minimum Gasteiger partial charge on any atom is -0.289 e. The van der Waals surface area contributed by atoms with E-state index in [1.54, 1.807) is 11.3 Å². The molecule has 0 aliphatic carbocycles. The molecule has 2 aromatic carbocycles. The van der Waals surface area contributed by atoms with Gasteiger partial charge < -0.3 is 0 Å². The number of rotatable bonds is 2. The molecule has 0 aliphatic heterocycles. The summed E-state index contributed by atoms with van der Waals surface area (Å²) in [4.78, 5) is 12.8. The van der Waals surface area contributed by atoms with Crippen LogP contribution in [-0.4, -0.2) is 5.78 Å². The standard InChI is InChI=1S/C17H13BrOS/c1-10-5-3-6-12(11(10)2)16(19)14-9-20-17-13(14)7-4-8-15(17)18/h3-9H,1-2H3. The first-order valence-electron chi connectivity index (χ1n) is 6.36. The van der Waals surface area contributed by atoms with Gasteiger partial charge in [-0.05, 0) is 47.0 Å². The molecular formula is C17H13BrOS. The molecule has 3 rings (SSSR count). The maximum absolute atomic E-state index is 12.8. The minimum atomic E-state index is 0.107. The van der Waals surface area contributed by atoms with E-state index in [-0.39, 0.29) is 5.78 Å². The SMILES string of the molecule is Cc1cccc(C(=O)c2csc3c(Br)cccc23)c1C. The Morgan fingerprint density at radius 2 is 1.80 bits per heavy atom. The van der Waals surface area contributed by atoms with Crippen molar-refractivity contribution in [3.8, 4) is 0 Å². The molecule has 3 heteroatoms. The van der Waals surface area contributed by atoms with Crippen molar-refractivity contribution < 1.29 is 4.79 Å². The predicted octanol–water partition coefficient (Wildman–Crippen LogP) is 5.51. The molecule has 0 fully saturated rings. The number of carbonyl (C=O) groups excluding carboxylic acids is 1. The molecule has 1 aromatic heterocycles. The van der Waals surface area contributed by atoms with E-state index in [0.717, 1.165) is 36.8 Å². The van der Waals surface area contributed by atoms with E-state index in [4.69, 9.17) is 0 Å². The highest BCUT2D eigenvalue weighted by Gasteiger charge is 2.17. The second-order valence-electron chi connectivity index (χ2n) is 4.84. The minimum absolute atomic E-state index is 0.107. The van der Waals surface area contributed by atoms with Crippen molar-refractivity contribution in [2.45, 2.75) is 13.8 Å². The van der Waals surface area contributed by atoms with Crippen molar-refractivity contribution in [1.82, 2.24) is 0 Å². The van der Waals surface area contributed by atoms with E-state index in [1.807, 2.05) is 55.6 Å². The van der Waals surface area contributed by atoms with Crippen LogP contribution in [-0.2, 0) is 0 Å². The topological polar surface area (TPSA) is 17.1 Å². The third kappa shape index (κ3) is 2.11. The molecular weight excluding hydrogens is 332 g/mol. The van der Waals surface area contributed by atoms with Gasteiger partial charge in [-0.25, -0.2) is 0 Å². The maximum Gasteiger partial charge on any atom is 0.194 e. The van der Waals surface area contributed by atoms with E-state index in [1.165, 1.54) is 0 Å². The largest absolute Gasteiger partial charge is 0.289 e. The van der Waals surface area contributed by atoms with Gasteiger partial charge in [0.25, 0.3) is 0 Å². The van der Waals surface area contributed by atoms with E-state index in [0.29, 0.717) is 0 Å². The highest BCUT2D eigenvalue weighted by atomic mass is 79.9. The zero-order valence-electron chi connectivity index (χ0n) is 11.2. The monoisotopic (exact) mass is 344 g/mol. The Morgan fingerprint density at radius 1 is 1.05 bits per heavy atom. The van der Waals surface area contributed by atoms with Gasteiger partial charge in [0.2, 0.25) is 0 Å². The first-order valence-corrected chi connectivity index (χ1v) is 8.03. The van der Waals surface area contributed by atoms with Crippen molar-refractivity contribution in [3.05, 3.63) is 68.5 Å². The molecule has 0 saturated heterocycles. The Bertz CT molecular complexity index is 817. The highest BCUT2D eigenvalue weighted by molar-refractivity contribution is 9.10. The summed E-state index contributed by atoms with van der Waals surface area (Å²) in [5, 5.41) is 2.98. The van der Waals surface area contributed by atoms with Crippen LogP contribution < -0.4 is 0 Å². The number of ketones is 1. The van der Waals surface area contributed by atoms with E-state index in [9.17, 15) is 4.79 Å². The van der Waals surface area contributed by atoms with E-state index < -0.39 is 0 Å². The zero-order valence-corrected chi connectivity index (χ0v) is 13.6. The van der Waals surface area contributed by atoms with Crippen LogP contribution in [0.1, 0.15) is 27.0 Å². The summed E-state index contributed by atoms with van der Waals surface area (Å²) in [7, 11) is 0. The van der Waals surface area contributed by atoms with Crippen molar-refractivity contribution >= 4 is 43.1 Å².